The number of aromatic nitrogens is 1. The molecule has 3 heterocycles. The minimum Gasteiger partial charge on any atom is -0.309 e. The lowest BCUT2D eigenvalue weighted by molar-refractivity contribution is -0.123. The number of amides is 1. The molecule has 0 spiro atoms. The molecule has 0 saturated carbocycles. The Kier molecular flexibility index (Phi) is 8.39. The largest absolute Gasteiger partial charge is 0.309 e. The highest BCUT2D eigenvalue weighted by molar-refractivity contribution is 7.89. The second-order valence-electron chi connectivity index (χ2n) is 6.78. The van der Waals surface area contributed by atoms with Crippen LogP contribution in [0.25, 0.3) is 6.08 Å². The van der Waals surface area contributed by atoms with E-state index in [0.717, 1.165) is 28.8 Å². The van der Waals surface area contributed by atoms with Crippen LogP contribution in [-0.4, -0.2) is 62.8 Å². The van der Waals surface area contributed by atoms with Gasteiger partial charge in [-0.3, -0.25) is 13.9 Å². The summed E-state index contributed by atoms with van der Waals surface area (Å²) in [5, 5.41) is 2.77. The molecule has 164 valence electrons. The Bertz CT molecular complexity index is 993. The molecule has 8 nitrogen and oxygen atoms in total. The van der Waals surface area contributed by atoms with Gasteiger partial charge in [-0.1, -0.05) is 6.07 Å². The summed E-state index contributed by atoms with van der Waals surface area (Å²) in [6.45, 7) is 1.22. The summed E-state index contributed by atoms with van der Waals surface area (Å²) in [4.78, 5) is 26.0. The molecule has 3 rings (SSSR count). The number of unbranched alkanes of at least 4 members (excludes halogenated alkanes) is 1. The molecule has 1 amide bonds. The lowest BCUT2D eigenvalue weighted by atomic mass is 10.3. The summed E-state index contributed by atoms with van der Waals surface area (Å²) in [6, 6.07) is 6.66. The third-order valence-corrected chi connectivity index (χ3v) is 7.21. The van der Waals surface area contributed by atoms with Crippen molar-refractivity contribution in [1.29, 1.82) is 0 Å². The molecule has 1 aliphatic heterocycles. The number of likely N-dealkylation sites (N-methyl/N-ethyl adjacent to an activating group) is 1. The van der Waals surface area contributed by atoms with Gasteiger partial charge in [0, 0.05) is 18.1 Å². The quantitative estimate of drug-likeness (QED) is 0.434. The van der Waals surface area contributed by atoms with Crippen molar-refractivity contribution in [3.63, 3.8) is 0 Å². The van der Waals surface area contributed by atoms with Gasteiger partial charge >= 0.3 is 5.91 Å². The van der Waals surface area contributed by atoms with Gasteiger partial charge < -0.3 is 4.90 Å². The van der Waals surface area contributed by atoms with E-state index in [4.69, 9.17) is 4.84 Å². The molecule has 30 heavy (non-hydrogen) atoms. The van der Waals surface area contributed by atoms with E-state index >= 15 is 0 Å². The van der Waals surface area contributed by atoms with E-state index in [2.05, 4.69) is 9.88 Å². The first-order valence-corrected chi connectivity index (χ1v) is 11.5. The van der Waals surface area contributed by atoms with E-state index in [1.54, 1.807) is 41.9 Å². The Hall–Kier alpha value is -1.98. The first kappa shape index (κ1) is 24.3. The fourth-order valence-electron chi connectivity index (χ4n) is 2.81. The Morgan fingerprint density at radius 3 is 2.67 bits per heavy atom. The fourth-order valence-corrected chi connectivity index (χ4v) is 5.31. The number of pyridine rings is 1. The molecule has 11 heteroatoms. The zero-order valence-electron chi connectivity index (χ0n) is 17.0. The van der Waals surface area contributed by atoms with Crippen LogP contribution in [0.1, 0.15) is 17.7 Å². The topological polar surface area (TPSA) is 83.0 Å². The summed E-state index contributed by atoms with van der Waals surface area (Å²) in [6.07, 6.45) is 4.79. The van der Waals surface area contributed by atoms with E-state index in [0.29, 0.717) is 17.3 Å². The molecule has 2 aromatic rings. The highest BCUT2D eigenvalue weighted by atomic mass is 35.5. The van der Waals surface area contributed by atoms with Crippen molar-refractivity contribution in [2.24, 2.45) is 0 Å². The van der Waals surface area contributed by atoms with Crippen molar-refractivity contribution >= 4 is 51.6 Å². The van der Waals surface area contributed by atoms with E-state index in [9.17, 15) is 13.2 Å². The second-order valence-corrected chi connectivity index (χ2v) is 9.67. The molecule has 0 bridgehead atoms. The van der Waals surface area contributed by atoms with Crippen molar-refractivity contribution in [2.75, 3.05) is 39.4 Å². The van der Waals surface area contributed by atoms with Crippen molar-refractivity contribution in [2.45, 2.75) is 17.7 Å². The predicted molar refractivity (Wildman–Crippen MR) is 120 cm³/mol. The maximum absolute atomic E-state index is 13.3. The van der Waals surface area contributed by atoms with E-state index in [-0.39, 0.29) is 23.0 Å². The number of sulfonamides is 1. The Morgan fingerprint density at radius 1 is 1.23 bits per heavy atom. The number of nitrogens with zero attached hydrogens (tertiary/aromatic N) is 4. The highest BCUT2D eigenvalue weighted by Crippen LogP contribution is 2.34. The summed E-state index contributed by atoms with van der Waals surface area (Å²) in [7, 11) is 1.58. The third-order valence-electron chi connectivity index (χ3n) is 4.38. The number of anilines is 1. The number of carbonyl (C=O) groups is 1. The number of fused-ring (bicyclic) bond motifs is 1. The van der Waals surface area contributed by atoms with Gasteiger partial charge in [0.2, 0.25) is 0 Å². The van der Waals surface area contributed by atoms with Crippen LogP contribution in [0.3, 0.4) is 0 Å². The van der Waals surface area contributed by atoms with Gasteiger partial charge in [0.25, 0.3) is 10.0 Å². The minimum absolute atomic E-state index is 0. The molecule has 0 aromatic carbocycles. The minimum atomic E-state index is -3.78. The summed E-state index contributed by atoms with van der Waals surface area (Å²) in [5.41, 5.74) is 0.0129. The highest BCUT2D eigenvalue weighted by Gasteiger charge is 2.36. The summed E-state index contributed by atoms with van der Waals surface area (Å²) >= 11 is 1.27. The van der Waals surface area contributed by atoms with Gasteiger partial charge in [-0.15, -0.1) is 23.7 Å². The van der Waals surface area contributed by atoms with Gasteiger partial charge in [0.15, 0.2) is 5.82 Å². The van der Waals surface area contributed by atoms with Crippen LogP contribution in [0, 0.1) is 0 Å². The molecule has 0 unspecified atom stereocenters. The molecule has 2 aromatic heterocycles. The second kappa shape index (κ2) is 10.4. The number of rotatable bonds is 8. The Morgan fingerprint density at radius 2 is 2.00 bits per heavy atom. The van der Waals surface area contributed by atoms with Gasteiger partial charge in [0.1, 0.15) is 10.6 Å². The summed E-state index contributed by atoms with van der Waals surface area (Å²) < 4.78 is 26.5. The lowest BCUT2D eigenvalue weighted by Gasteiger charge is -2.29. The van der Waals surface area contributed by atoms with Crippen molar-refractivity contribution in [3.8, 4) is 0 Å². The molecule has 0 fully saturated rings. The first-order chi connectivity index (χ1) is 13.8. The van der Waals surface area contributed by atoms with Crippen LogP contribution in [0.15, 0.2) is 46.4 Å². The average Bonchev–Trinajstić information content (AvgIpc) is 3.17. The van der Waals surface area contributed by atoms with Crippen LogP contribution >= 0.6 is 23.7 Å². The zero-order valence-corrected chi connectivity index (χ0v) is 19.5. The first-order valence-electron chi connectivity index (χ1n) is 9.13. The molecule has 0 atom stereocenters. The monoisotopic (exact) mass is 472 g/mol. The Labute approximate surface area is 187 Å². The van der Waals surface area contributed by atoms with E-state index in [1.165, 1.54) is 18.4 Å². The number of halogens is 1. The molecule has 1 aliphatic rings. The number of hydroxylamine groups is 1. The Balaban J connectivity index is 0.00000320. The van der Waals surface area contributed by atoms with E-state index in [1.807, 2.05) is 14.1 Å². The van der Waals surface area contributed by atoms with Gasteiger partial charge in [-0.2, -0.15) is 5.06 Å². The average molecular weight is 473 g/mol. The SMILES string of the molecule is CN(C)CCCCON(C(=O)C1=Cc2sccc2S(=O)(=O)N1C)c1ccccn1.Cl. The zero-order chi connectivity index (χ0) is 21.0. The van der Waals surface area contributed by atoms with Crippen LogP contribution in [0.2, 0.25) is 0 Å². The number of hydrogen-bond acceptors (Lipinski definition) is 7. The number of thiophene rings is 1. The summed E-state index contributed by atoms with van der Waals surface area (Å²) in [5.74, 6) is -0.282. The van der Waals surface area contributed by atoms with Gasteiger partial charge in [-0.05, 0) is 63.1 Å². The molecule has 0 radical (unpaired) electrons. The maximum Gasteiger partial charge on any atom is 0.300 e. The van der Waals surface area contributed by atoms with Crippen LogP contribution < -0.4 is 5.06 Å². The van der Waals surface area contributed by atoms with Gasteiger partial charge in [0.05, 0.1) is 6.61 Å². The standard InChI is InChI=1S/C19H24N4O4S2.ClH/c1-21(2)11-6-7-12-27-23(18-8-4-5-10-20-18)19(24)15-14-16-17(9-13-28-16)29(25,26)22(15)3;/h4-5,8-10,13-14H,6-7,11-12H2,1-3H3;1H. The number of hydrogen-bond donors (Lipinski definition) is 0. The van der Waals surface area contributed by atoms with Crippen molar-refractivity contribution < 1.29 is 18.0 Å². The molecule has 0 saturated heterocycles. The molecule has 0 aliphatic carbocycles. The van der Waals surface area contributed by atoms with Crippen LogP contribution in [0.5, 0.6) is 0 Å². The van der Waals surface area contributed by atoms with Crippen LogP contribution in [-0.2, 0) is 19.7 Å². The van der Waals surface area contributed by atoms with Crippen LogP contribution in [0.4, 0.5) is 5.82 Å². The molecular formula is C19H25ClN4O4S2. The van der Waals surface area contributed by atoms with Crippen molar-refractivity contribution in [3.05, 3.63) is 46.4 Å². The fraction of sp³-hybridized carbons (Fsp3) is 0.368. The lowest BCUT2D eigenvalue weighted by Crippen LogP contribution is -2.41. The number of carbonyl (C=O) groups excluding carboxylic acids is 1. The van der Waals surface area contributed by atoms with Gasteiger partial charge in [-0.25, -0.2) is 13.4 Å². The predicted octanol–water partition coefficient (Wildman–Crippen LogP) is 2.85. The third kappa shape index (κ3) is 5.19. The molecule has 0 N–H and O–H groups in total. The molecular weight excluding hydrogens is 448 g/mol. The van der Waals surface area contributed by atoms with E-state index < -0.39 is 15.9 Å². The smallest absolute Gasteiger partial charge is 0.300 e. The maximum atomic E-state index is 13.3. The van der Waals surface area contributed by atoms with Crippen molar-refractivity contribution in [1.82, 2.24) is 14.2 Å². The normalized spacial score (nSPS) is 14.7.